The molecule has 6 heteroatoms. The van der Waals surface area contributed by atoms with E-state index in [2.05, 4.69) is 15.5 Å². The van der Waals surface area contributed by atoms with Gasteiger partial charge in [0.05, 0.1) is 12.8 Å². The van der Waals surface area contributed by atoms with Gasteiger partial charge < -0.3 is 9.73 Å². The Bertz CT molecular complexity index is 715. The summed E-state index contributed by atoms with van der Waals surface area (Å²) in [5, 5.41) is 10.7. The average molecular weight is 256 g/mol. The highest BCUT2D eigenvalue weighted by atomic mass is 16.3. The van der Waals surface area contributed by atoms with Crippen LogP contribution in [0.3, 0.4) is 0 Å². The van der Waals surface area contributed by atoms with Crippen molar-refractivity contribution in [2.45, 2.75) is 13.5 Å². The van der Waals surface area contributed by atoms with E-state index in [-0.39, 0.29) is 5.91 Å². The Morgan fingerprint density at radius 1 is 1.42 bits per heavy atom. The molecule has 1 amide bonds. The van der Waals surface area contributed by atoms with E-state index in [4.69, 9.17) is 4.42 Å². The molecule has 3 aromatic rings. The minimum atomic E-state index is -0.167. The smallest absolute Gasteiger partial charge is 0.251 e. The Balaban J connectivity index is 1.77. The molecule has 3 rings (SSSR count). The normalized spacial score (nSPS) is 10.8. The van der Waals surface area contributed by atoms with Crippen molar-refractivity contribution >= 4 is 11.6 Å². The number of carbonyl (C=O) groups excluding carboxylic acids is 1. The molecule has 19 heavy (non-hydrogen) atoms. The van der Waals surface area contributed by atoms with Crippen LogP contribution < -0.4 is 5.32 Å². The molecular formula is C13H12N4O2. The molecule has 0 radical (unpaired) electrons. The molecule has 0 bridgehead atoms. The molecule has 0 aromatic carbocycles. The lowest BCUT2D eigenvalue weighted by Crippen LogP contribution is -2.22. The van der Waals surface area contributed by atoms with Crippen molar-refractivity contribution < 1.29 is 9.21 Å². The highest BCUT2D eigenvalue weighted by molar-refractivity contribution is 5.94. The molecule has 0 fully saturated rings. The number of hydrogen-bond acceptors (Lipinski definition) is 4. The number of carbonyl (C=O) groups is 1. The molecule has 3 aromatic heterocycles. The van der Waals surface area contributed by atoms with E-state index in [1.165, 1.54) is 0 Å². The maximum atomic E-state index is 12.0. The summed E-state index contributed by atoms with van der Waals surface area (Å²) >= 11 is 0. The third kappa shape index (κ3) is 2.20. The summed E-state index contributed by atoms with van der Waals surface area (Å²) in [6.07, 6.45) is 3.36. The van der Waals surface area contributed by atoms with Crippen molar-refractivity contribution in [3.05, 3.63) is 53.9 Å². The number of nitrogens with zero attached hydrogens (tertiary/aromatic N) is 3. The first-order chi connectivity index (χ1) is 9.24. The lowest BCUT2D eigenvalue weighted by atomic mass is 10.2. The van der Waals surface area contributed by atoms with Gasteiger partial charge in [-0.2, -0.15) is 0 Å². The summed E-state index contributed by atoms with van der Waals surface area (Å²) in [6.45, 7) is 2.22. The van der Waals surface area contributed by atoms with E-state index in [0.717, 1.165) is 5.82 Å². The lowest BCUT2D eigenvalue weighted by Gasteiger charge is -2.03. The zero-order valence-corrected chi connectivity index (χ0v) is 10.3. The summed E-state index contributed by atoms with van der Waals surface area (Å²) in [6, 6.07) is 7.04. The zero-order chi connectivity index (χ0) is 13.2. The molecule has 0 saturated heterocycles. The Morgan fingerprint density at radius 3 is 3.11 bits per heavy atom. The van der Waals surface area contributed by atoms with Gasteiger partial charge in [-0.1, -0.05) is 0 Å². The average Bonchev–Trinajstić information content (AvgIpc) is 3.06. The Kier molecular flexibility index (Phi) is 2.75. The molecule has 0 aliphatic heterocycles. The molecule has 96 valence electrons. The molecule has 1 N–H and O–H groups in total. The van der Waals surface area contributed by atoms with Gasteiger partial charge in [0.2, 0.25) is 0 Å². The quantitative estimate of drug-likeness (QED) is 0.771. The van der Waals surface area contributed by atoms with Gasteiger partial charge in [-0.3, -0.25) is 9.20 Å². The summed E-state index contributed by atoms with van der Waals surface area (Å²) in [7, 11) is 0. The number of hydrogen-bond donors (Lipinski definition) is 1. The van der Waals surface area contributed by atoms with Gasteiger partial charge in [0.25, 0.3) is 5.91 Å². The van der Waals surface area contributed by atoms with Crippen LogP contribution in [0.1, 0.15) is 21.9 Å². The highest BCUT2D eigenvalue weighted by Gasteiger charge is 2.09. The van der Waals surface area contributed by atoms with E-state index in [1.54, 1.807) is 30.7 Å². The van der Waals surface area contributed by atoms with Crippen molar-refractivity contribution in [2.75, 3.05) is 0 Å². The second-order valence-electron chi connectivity index (χ2n) is 4.15. The van der Waals surface area contributed by atoms with E-state index in [0.29, 0.717) is 23.5 Å². The second kappa shape index (κ2) is 4.56. The molecule has 3 heterocycles. The fourth-order valence-corrected chi connectivity index (χ4v) is 1.83. The van der Waals surface area contributed by atoms with Crippen LogP contribution in [0.5, 0.6) is 0 Å². The minimum Gasteiger partial charge on any atom is -0.467 e. The molecule has 0 aliphatic rings. The maximum Gasteiger partial charge on any atom is 0.251 e. The molecule has 0 saturated carbocycles. The van der Waals surface area contributed by atoms with Crippen LogP contribution in [-0.4, -0.2) is 20.5 Å². The first kappa shape index (κ1) is 11.5. The van der Waals surface area contributed by atoms with Gasteiger partial charge in [-0.15, -0.1) is 10.2 Å². The maximum absolute atomic E-state index is 12.0. The van der Waals surface area contributed by atoms with Crippen molar-refractivity contribution in [1.82, 2.24) is 19.9 Å². The van der Waals surface area contributed by atoms with Gasteiger partial charge >= 0.3 is 0 Å². The number of pyridine rings is 1. The molecule has 6 nitrogen and oxygen atoms in total. The minimum absolute atomic E-state index is 0.167. The van der Waals surface area contributed by atoms with Crippen molar-refractivity contribution in [2.24, 2.45) is 0 Å². The van der Waals surface area contributed by atoms with E-state index >= 15 is 0 Å². The van der Waals surface area contributed by atoms with Gasteiger partial charge in [0.1, 0.15) is 11.6 Å². The zero-order valence-electron chi connectivity index (χ0n) is 10.3. The van der Waals surface area contributed by atoms with Crippen molar-refractivity contribution in [3.8, 4) is 0 Å². The largest absolute Gasteiger partial charge is 0.467 e. The molecular weight excluding hydrogens is 244 g/mol. The Morgan fingerprint density at radius 2 is 2.32 bits per heavy atom. The number of rotatable bonds is 3. The van der Waals surface area contributed by atoms with E-state index in [9.17, 15) is 4.79 Å². The molecule has 0 unspecified atom stereocenters. The third-order valence-corrected chi connectivity index (χ3v) is 2.85. The van der Waals surface area contributed by atoms with E-state index in [1.807, 2.05) is 17.4 Å². The number of nitrogens with one attached hydrogen (secondary N) is 1. The van der Waals surface area contributed by atoms with Crippen LogP contribution in [0.25, 0.3) is 5.65 Å². The second-order valence-corrected chi connectivity index (χ2v) is 4.15. The van der Waals surface area contributed by atoms with Crippen LogP contribution in [-0.2, 0) is 6.54 Å². The van der Waals surface area contributed by atoms with Crippen LogP contribution in [0.2, 0.25) is 0 Å². The standard InChI is InChI=1S/C13H12N4O2/c1-9-15-16-12-7-10(4-5-17(9)12)13(18)14-8-11-3-2-6-19-11/h2-7H,8H2,1H3,(H,14,18). The van der Waals surface area contributed by atoms with Crippen molar-refractivity contribution in [3.63, 3.8) is 0 Å². The summed E-state index contributed by atoms with van der Waals surface area (Å²) in [5.74, 6) is 1.34. The summed E-state index contributed by atoms with van der Waals surface area (Å²) < 4.78 is 6.97. The van der Waals surface area contributed by atoms with Gasteiger partial charge in [0.15, 0.2) is 5.65 Å². The van der Waals surface area contributed by atoms with Crippen molar-refractivity contribution in [1.29, 1.82) is 0 Å². The molecule has 0 atom stereocenters. The lowest BCUT2D eigenvalue weighted by molar-refractivity contribution is 0.0948. The predicted molar refractivity (Wildman–Crippen MR) is 67.6 cm³/mol. The van der Waals surface area contributed by atoms with Gasteiger partial charge in [-0.05, 0) is 31.2 Å². The fourth-order valence-electron chi connectivity index (χ4n) is 1.83. The fraction of sp³-hybridized carbons (Fsp3) is 0.154. The number of aromatic nitrogens is 3. The topological polar surface area (TPSA) is 72.4 Å². The first-order valence-electron chi connectivity index (χ1n) is 5.86. The van der Waals surface area contributed by atoms with Gasteiger partial charge in [-0.25, -0.2) is 0 Å². The van der Waals surface area contributed by atoms with Crippen LogP contribution in [0.15, 0.2) is 41.1 Å². The molecule has 0 spiro atoms. The Labute approximate surface area is 109 Å². The van der Waals surface area contributed by atoms with Crippen LogP contribution in [0.4, 0.5) is 0 Å². The predicted octanol–water partition coefficient (Wildman–Crippen LogP) is 1.56. The summed E-state index contributed by atoms with van der Waals surface area (Å²) in [5.41, 5.74) is 1.20. The number of amides is 1. The number of aryl methyl sites for hydroxylation is 1. The summed E-state index contributed by atoms with van der Waals surface area (Å²) in [4.78, 5) is 12.0. The SMILES string of the molecule is Cc1nnc2cc(C(=O)NCc3ccco3)ccn12. The number of furan rings is 1. The monoisotopic (exact) mass is 256 g/mol. The van der Waals surface area contributed by atoms with Gasteiger partial charge in [0, 0.05) is 11.8 Å². The third-order valence-electron chi connectivity index (χ3n) is 2.85. The Hall–Kier alpha value is -2.63. The highest BCUT2D eigenvalue weighted by Crippen LogP contribution is 2.07. The number of fused-ring (bicyclic) bond motifs is 1. The molecule has 0 aliphatic carbocycles. The van der Waals surface area contributed by atoms with E-state index < -0.39 is 0 Å². The van der Waals surface area contributed by atoms with Crippen LogP contribution in [0, 0.1) is 6.92 Å². The first-order valence-corrected chi connectivity index (χ1v) is 5.86. The van der Waals surface area contributed by atoms with Crippen LogP contribution >= 0.6 is 0 Å².